The molecule has 0 radical (unpaired) electrons. The maximum atomic E-state index is 12.6. The zero-order valence-corrected chi connectivity index (χ0v) is 20.4. The summed E-state index contributed by atoms with van der Waals surface area (Å²) in [6.45, 7) is 5.85. The number of phenolic OH excluding ortho intramolecular Hbond substituents is 1. The van der Waals surface area contributed by atoms with E-state index in [0.29, 0.717) is 5.75 Å². The van der Waals surface area contributed by atoms with E-state index in [1.807, 2.05) is 18.2 Å². The number of aromatic nitrogens is 2. The van der Waals surface area contributed by atoms with E-state index in [-0.39, 0.29) is 11.5 Å². The molecule has 35 heavy (non-hydrogen) atoms. The lowest BCUT2D eigenvalue weighted by atomic mass is 9.52. The topological polar surface area (TPSA) is 64.8 Å². The molecule has 3 unspecified atom stereocenters. The fraction of sp³-hybridized carbons (Fsp3) is 0.552. The molecule has 3 fully saturated rings. The number of aliphatic hydroxyl groups is 1. The van der Waals surface area contributed by atoms with Crippen LogP contribution in [0.5, 0.6) is 5.75 Å². The van der Waals surface area contributed by atoms with Gasteiger partial charge in [0.25, 0.3) is 0 Å². The Bertz CT molecular complexity index is 1220. The fourth-order valence-electron chi connectivity index (χ4n) is 7.51. The highest BCUT2D eigenvalue weighted by atomic mass is 16.3. The van der Waals surface area contributed by atoms with Gasteiger partial charge in [0, 0.05) is 42.7 Å². The first kappa shape index (κ1) is 21.8. The van der Waals surface area contributed by atoms with Gasteiger partial charge < -0.3 is 15.1 Å². The highest BCUT2D eigenvalue weighted by Crippen LogP contribution is 2.56. The lowest BCUT2D eigenvalue weighted by Crippen LogP contribution is -2.71. The Kier molecular flexibility index (Phi) is 5.02. The Balaban J connectivity index is 1.17. The van der Waals surface area contributed by atoms with Crippen LogP contribution in [0.2, 0.25) is 0 Å². The Morgan fingerprint density at radius 3 is 2.66 bits per heavy atom. The summed E-state index contributed by atoms with van der Waals surface area (Å²) in [6, 6.07) is 14.4. The molecular formula is C29H36N4O2. The van der Waals surface area contributed by atoms with Crippen LogP contribution in [0.25, 0.3) is 10.9 Å². The smallest absolute Gasteiger partial charge is 0.115 e. The lowest BCUT2D eigenvalue weighted by molar-refractivity contribution is -0.149. The van der Waals surface area contributed by atoms with Crippen LogP contribution >= 0.6 is 0 Å². The van der Waals surface area contributed by atoms with Crippen molar-refractivity contribution in [3.63, 3.8) is 0 Å². The summed E-state index contributed by atoms with van der Waals surface area (Å²) in [7, 11) is 0. The first-order chi connectivity index (χ1) is 17.0. The average molecular weight is 473 g/mol. The van der Waals surface area contributed by atoms with E-state index >= 15 is 0 Å². The Hall–Kier alpha value is -2.41. The van der Waals surface area contributed by atoms with Gasteiger partial charge in [0.2, 0.25) is 0 Å². The molecule has 2 bridgehead atoms. The van der Waals surface area contributed by atoms with Crippen LogP contribution in [0, 0.1) is 5.92 Å². The number of hydrogen-bond donors (Lipinski definition) is 2. The van der Waals surface area contributed by atoms with Gasteiger partial charge in [0.1, 0.15) is 5.75 Å². The van der Waals surface area contributed by atoms with E-state index in [4.69, 9.17) is 5.10 Å². The second kappa shape index (κ2) is 8.05. The summed E-state index contributed by atoms with van der Waals surface area (Å²) in [5.41, 5.74) is 2.55. The summed E-state index contributed by atoms with van der Waals surface area (Å²) in [4.78, 5) is 5.15. The number of rotatable bonds is 5. The zero-order chi connectivity index (χ0) is 23.6. The normalized spacial score (nSPS) is 31.2. The predicted octanol–water partition coefficient (Wildman–Crippen LogP) is 3.55. The quantitative estimate of drug-likeness (QED) is 0.595. The third-order valence-corrected chi connectivity index (χ3v) is 9.63. The third kappa shape index (κ3) is 3.52. The molecule has 3 heterocycles. The number of hydrogen-bond acceptors (Lipinski definition) is 5. The van der Waals surface area contributed by atoms with Crippen LogP contribution in [-0.4, -0.2) is 74.2 Å². The lowest BCUT2D eigenvalue weighted by Gasteiger charge is -2.61. The van der Waals surface area contributed by atoms with Crippen LogP contribution in [0.3, 0.4) is 0 Å². The first-order valence-corrected chi connectivity index (χ1v) is 13.5. The van der Waals surface area contributed by atoms with Crippen LogP contribution in [0.15, 0.2) is 48.7 Å². The summed E-state index contributed by atoms with van der Waals surface area (Å²) >= 11 is 0. The van der Waals surface area contributed by atoms with Gasteiger partial charge in [-0.2, -0.15) is 5.10 Å². The van der Waals surface area contributed by atoms with Crippen molar-refractivity contribution in [1.29, 1.82) is 0 Å². The van der Waals surface area contributed by atoms with Gasteiger partial charge in [0.05, 0.1) is 17.7 Å². The second-order valence-electron chi connectivity index (χ2n) is 11.5. The number of nitrogens with zero attached hydrogens (tertiary/aromatic N) is 4. The van der Waals surface area contributed by atoms with Crippen molar-refractivity contribution in [1.82, 2.24) is 19.6 Å². The van der Waals surface area contributed by atoms with E-state index in [1.165, 1.54) is 29.4 Å². The standard InChI is InChI=1S/C29H36N4O2/c34-24-8-7-22-17-27-29(35)11-13-31(15-16-33-20-23-3-1-2-4-26(23)30-33)12-9-28(29,25(22)18-24)10-14-32(27)19-21-5-6-21/h1-4,7-8,18,20-21,27,34-35H,5-6,9-17,19H2. The molecule has 2 saturated heterocycles. The Labute approximate surface area is 207 Å². The number of benzene rings is 2. The summed E-state index contributed by atoms with van der Waals surface area (Å²) in [5, 5.41) is 29.0. The number of fused-ring (bicyclic) bond motifs is 2. The van der Waals surface area contributed by atoms with Gasteiger partial charge in [-0.1, -0.05) is 24.3 Å². The fourth-order valence-corrected chi connectivity index (χ4v) is 7.51. The van der Waals surface area contributed by atoms with Crippen molar-refractivity contribution in [2.24, 2.45) is 5.92 Å². The molecule has 2 N–H and O–H groups in total. The molecule has 1 aromatic heterocycles. The molecule has 0 spiro atoms. The number of aromatic hydroxyl groups is 1. The molecule has 2 aliphatic carbocycles. The largest absolute Gasteiger partial charge is 0.508 e. The number of piperidine rings is 1. The van der Waals surface area contributed by atoms with Gasteiger partial charge in [-0.3, -0.25) is 9.58 Å². The minimum atomic E-state index is -0.754. The molecule has 3 aromatic rings. The molecule has 3 atom stereocenters. The molecule has 4 aliphatic rings. The molecule has 1 saturated carbocycles. The monoisotopic (exact) mass is 472 g/mol. The van der Waals surface area contributed by atoms with Gasteiger partial charge in [-0.25, -0.2) is 0 Å². The Morgan fingerprint density at radius 1 is 0.971 bits per heavy atom. The summed E-state index contributed by atoms with van der Waals surface area (Å²) in [5.74, 6) is 1.14. The molecule has 2 aliphatic heterocycles. The van der Waals surface area contributed by atoms with Crippen molar-refractivity contribution >= 4 is 10.9 Å². The predicted molar refractivity (Wildman–Crippen MR) is 137 cm³/mol. The maximum Gasteiger partial charge on any atom is 0.115 e. The molecule has 0 amide bonds. The van der Waals surface area contributed by atoms with E-state index in [9.17, 15) is 10.2 Å². The molecule has 6 nitrogen and oxygen atoms in total. The summed E-state index contributed by atoms with van der Waals surface area (Å²) < 4.78 is 2.07. The minimum absolute atomic E-state index is 0.172. The van der Waals surface area contributed by atoms with Crippen molar-refractivity contribution in [2.45, 2.75) is 62.1 Å². The highest BCUT2D eigenvalue weighted by Gasteiger charge is 2.63. The SMILES string of the molecule is Oc1ccc2c(c1)C13CCN(CCn4cc5ccccc5n4)CCC1(O)C(C2)N(CC1CC1)CC3. The van der Waals surface area contributed by atoms with E-state index in [2.05, 4.69) is 44.9 Å². The minimum Gasteiger partial charge on any atom is -0.508 e. The average Bonchev–Trinajstić information content (AvgIpc) is 3.60. The van der Waals surface area contributed by atoms with Gasteiger partial charge in [-0.05, 0) is 86.9 Å². The Morgan fingerprint density at radius 2 is 1.80 bits per heavy atom. The van der Waals surface area contributed by atoms with Crippen LogP contribution in [-0.2, 0) is 18.4 Å². The number of phenols is 1. The second-order valence-corrected chi connectivity index (χ2v) is 11.5. The third-order valence-electron chi connectivity index (χ3n) is 9.63. The first-order valence-electron chi connectivity index (χ1n) is 13.5. The van der Waals surface area contributed by atoms with Crippen molar-refractivity contribution in [2.75, 3.05) is 32.7 Å². The van der Waals surface area contributed by atoms with Crippen LogP contribution in [0.4, 0.5) is 0 Å². The van der Waals surface area contributed by atoms with E-state index < -0.39 is 5.60 Å². The van der Waals surface area contributed by atoms with Crippen molar-refractivity contribution < 1.29 is 10.2 Å². The van der Waals surface area contributed by atoms with Gasteiger partial charge in [-0.15, -0.1) is 0 Å². The zero-order valence-electron chi connectivity index (χ0n) is 20.4. The molecule has 6 heteroatoms. The molecular weight excluding hydrogens is 436 g/mol. The van der Waals surface area contributed by atoms with Gasteiger partial charge in [0.15, 0.2) is 0 Å². The van der Waals surface area contributed by atoms with Crippen LogP contribution in [0.1, 0.15) is 43.2 Å². The molecule has 7 rings (SSSR count). The van der Waals surface area contributed by atoms with E-state index in [1.54, 1.807) is 0 Å². The van der Waals surface area contributed by atoms with E-state index in [0.717, 1.165) is 76.4 Å². The molecule has 184 valence electrons. The van der Waals surface area contributed by atoms with Crippen molar-refractivity contribution in [3.05, 3.63) is 59.8 Å². The highest BCUT2D eigenvalue weighted by molar-refractivity contribution is 5.77. The van der Waals surface area contributed by atoms with Gasteiger partial charge >= 0.3 is 0 Å². The summed E-state index contributed by atoms with van der Waals surface area (Å²) in [6.07, 6.45) is 8.41. The van der Waals surface area contributed by atoms with Crippen LogP contribution < -0.4 is 0 Å². The maximum absolute atomic E-state index is 12.6. The number of likely N-dealkylation sites (tertiary alicyclic amines) is 2. The molecule has 2 aromatic carbocycles. The van der Waals surface area contributed by atoms with Crippen molar-refractivity contribution in [3.8, 4) is 5.75 Å².